The van der Waals surface area contributed by atoms with Gasteiger partial charge < -0.3 is 20.3 Å². The van der Waals surface area contributed by atoms with Gasteiger partial charge >= 0.3 is 6.03 Å². The van der Waals surface area contributed by atoms with Crippen LogP contribution in [0.15, 0.2) is 30.3 Å². The number of urea groups is 1. The summed E-state index contributed by atoms with van der Waals surface area (Å²) < 4.78 is 7.28. The zero-order valence-electron chi connectivity index (χ0n) is 22.3. The molecule has 0 radical (unpaired) electrons. The summed E-state index contributed by atoms with van der Waals surface area (Å²) in [7, 11) is 5.76. The van der Waals surface area contributed by atoms with Gasteiger partial charge in [0.25, 0.3) is 0 Å². The lowest BCUT2D eigenvalue weighted by molar-refractivity contribution is 0.0303. The second kappa shape index (κ2) is 10.4. The fourth-order valence-electron chi connectivity index (χ4n) is 5.71. The molecule has 0 aliphatic carbocycles. The van der Waals surface area contributed by atoms with E-state index >= 15 is 0 Å². The normalized spacial score (nSPS) is 22.5. The number of nitrogens with two attached hydrogens (primary N) is 1. The highest BCUT2D eigenvalue weighted by atomic mass is 32.1. The fourth-order valence-corrected chi connectivity index (χ4v) is 6.86. The van der Waals surface area contributed by atoms with E-state index in [-0.39, 0.29) is 12.2 Å². The predicted octanol–water partition coefficient (Wildman–Crippen LogP) is 2.84. The molecule has 2 N–H and O–H groups in total. The summed E-state index contributed by atoms with van der Waals surface area (Å²) in [6.45, 7) is 7.06. The quantitative estimate of drug-likeness (QED) is 0.481. The van der Waals surface area contributed by atoms with Crippen LogP contribution in [0.25, 0.3) is 21.6 Å². The van der Waals surface area contributed by atoms with Crippen LogP contribution in [0.5, 0.6) is 0 Å². The predicted molar refractivity (Wildman–Crippen MR) is 151 cm³/mol. The number of primary amides is 1. The van der Waals surface area contributed by atoms with Crippen LogP contribution in [0.3, 0.4) is 0 Å². The number of carbonyl (C=O) groups excluding carboxylic acids is 1. The van der Waals surface area contributed by atoms with E-state index in [4.69, 9.17) is 20.4 Å². The summed E-state index contributed by atoms with van der Waals surface area (Å²) in [5.74, 6) is 1.70. The maximum atomic E-state index is 11.9. The number of hydrazine groups is 1. The van der Waals surface area contributed by atoms with E-state index in [1.54, 1.807) is 19.1 Å². The van der Waals surface area contributed by atoms with Crippen LogP contribution < -0.4 is 15.6 Å². The molecule has 2 aromatic heterocycles. The molecule has 5 heterocycles. The third kappa shape index (κ3) is 5.08. The number of benzene rings is 1. The number of aromatic nitrogens is 2. The standard InChI is InChI=1S/C27H36N8O2S/c1-31(2)35(27(28)36)19-6-4-18(5-7-19)25-29-23-14-22(17-33-12-10-32(3)11-13-33)38-24(23)26(30-25)34-15-20-8-9-21(16-34)37-20/h4-7,14,20-21H,8-13,15-17H2,1-3H3,(H2,28,36). The van der Waals surface area contributed by atoms with Gasteiger partial charge in [-0.3, -0.25) is 4.90 Å². The molecular formula is C27H36N8O2S. The summed E-state index contributed by atoms with van der Waals surface area (Å²) in [6, 6.07) is 9.40. The van der Waals surface area contributed by atoms with Gasteiger partial charge in [-0.2, -0.15) is 0 Å². The molecule has 2 bridgehead atoms. The van der Waals surface area contributed by atoms with Crippen molar-refractivity contribution in [3.63, 3.8) is 0 Å². The van der Waals surface area contributed by atoms with E-state index in [0.717, 1.165) is 80.3 Å². The van der Waals surface area contributed by atoms with E-state index in [2.05, 4.69) is 27.8 Å². The van der Waals surface area contributed by atoms with Gasteiger partial charge in [-0.1, -0.05) is 0 Å². The van der Waals surface area contributed by atoms with Gasteiger partial charge in [0.05, 0.1) is 28.1 Å². The molecule has 3 fully saturated rings. The lowest BCUT2D eigenvalue weighted by atomic mass is 10.2. The van der Waals surface area contributed by atoms with Crippen molar-refractivity contribution in [3.05, 3.63) is 35.2 Å². The Morgan fingerprint density at radius 1 is 1.08 bits per heavy atom. The number of morpholine rings is 1. The molecule has 2 unspecified atom stereocenters. The van der Waals surface area contributed by atoms with Crippen molar-refractivity contribution in [3.8, 4) is 11.4 Å². The van der Waals surface area contributed by atoms with Gasteiger partial charge in [0.15, 0.2) is 11.6 Å². The molecule has 3 saturated heterocycles. The minimum atomic E-state index is -0.532. The number of rotatable bonds is 6. The van der Waals surface area contributed by atoms with Crippen molar-refractivity contribution in [2.24, 2.45) is 5.73 Å². The number of fused-ring (bicyclic) bond motifs is 3. The molecule has 10 nitrogen and oxygen atoms in total. The first-order chi connectivity index (χ1) is 18.3. The zero-order chi connectivity index (χ0) is 26.4. The van der Waals surface area contributed by atoms with Gasteiger partial charge in [0.2, 0.25) is 0 Å². The summed E-state index contributed by atoms with van der Waals surface area (Å²) in [5, 5.41) is 3.09. The van der Waals surface area contributed by atoms with Crippen LogP contribution in [-0.2, 0) is 11.3 Å². The molecule has 0 saturated carbocycles. The highest BCUT2D eigenvalue weighted by Gasteiger charge is 2.35. The Bertz CT molecular complexity index is 1290. The van der Waals surface area contributed by atoms with Crippen LogP contribution in [0, 0.1) is 0 Å². The van der Waals surface area contributed by atoms with Crippen LogP contribution in [-0.4, -0.2) is 103 Å². The summed E-state index contributed by atoms with van der Waals surface area (Å²) in [4.78, 5) is 30.8. The molecule has 2 amide bonds. The van der Waals surface area contributed by atoms with Crippen molar-refractivity contribution in [1.82, 2.24) is 24.8 Å². The number of anilines is 2. The largest absolute Gasteiger partial charge is 0.371 e. The van der Waals surface area contributed by atoms with E-state index in [0.29, 0.717) is 11.5 Å². The number of thiophene rings is 1. The number of likely N-dealkylation sites (N-methyl/N-ethyl adjacent to an activating group) is 1. The maximum absolute atomic E-state index is 11.9. The lowest BCUT2D eigenvalue weighted by Gasteiger charge is -2.33. The van der Waals surface area contributed by atoms with Gasteiger partial charge in [-0.05, 0) is 50.2 Å². The van der Waals surface area contributed by atoms with Crippen molar-refractivity contribution in [2.45, 2.75) is 31.6 Å². The molecule has 3 aliphatic rings. The number of amides is 2. The van der Waals surface area contributed by atoms with Gasteiger partial charge in [-0.15, -0.1) is 11.3 Å². The first kappa shape index (κ1) is 25.4. The highest BCUT2D eigenvalue weighted by molar-refractivity contribution is 7.19. The van der Waals surface area contributed by atoms with E-state index in [1.165, 1.54) is 9.89 Å². The minimum Gasteiger partial charge on any atom is -0.371 e. The molecule has 1 aromatic carbocycles. The van der Waals surface area contributed by atoms with Crippen LogP contribution in [0.2, 0.25) is 0 Å². The van der Waals surface area contributed by atoms with Crippen molar-refractivity contribution in [2.75, 3.05) is 70.3 Å². The van der Waals surface area contributed by atoms with Crippen molar-refractivity contribution < 1.29 is 9.53 Å². The van der Waals surface area contributed by atoms with E-state index in [1.807, 2.05) is 35.6 Å². The Labute approximate surface area is 227 Å². The third-order valence-corrected chi connectivity index (χ3v) is 8.81. The summed E-state index contributed by atoms with van der Waals surface area (Å²) >= 11 is 1.83. The number of ether oxygens (including phenoxy) is 1. The third-order valence-electron chi connectivity index (χ3n) is 7.70. The number of hydrogen-bond acceptors (Lipinski definition) is 9. The monoisotopic (exact) mass is 536 g/mol. The Morgan fingerprint density at radius 2 is 1.76 bits per heavy atom. The molecule has 202 valence electrons. The molecule has 3 aliphatic heterocycles. The van der Waals surface area contributed by atoms with Crippen molar-refractivity contribution in [1.29, 1.82) is 0 Å². The second-order valence-corrected chi connectivity index (χ2v) is 11.9. The molecule has 11 heteroatoms. The fraction of sp³-hybridized carbons (Fsp3) is 0.519. The first-order valence-corrected chi connectivity index (χ1v) is 14.1. The van der Waals surface area contributed by atoms with Gasteiger partial charge in [0, 0.05) is 70.3 Å². The SMILES string of the molecule is CN1CCN(Cc2cc3nc(-c4ccc(N(C(N)=O)N(C)C)cc4)nc(N4CC5CCC(C4)O5)c3s2)CC1. The number of hydrogen-bond donors (Lipinski definition) is 1. The topological polar surface area (TPSA) is 94.3 Å². The van der Waals surface area contributed by atoms with Gasteiger partial charge in [0.1, 0.15) is 0 Å². The molecule has 38 heavy (non-hydrogen) atoms. The molecule has 6 rings (SSSR count). The summed E-state index contributed by atoms with van der Waals surface area (Å²) in [5.41, 5.74) is 8.18. The molecular weight excluding hydrogens is 500 g/mol. The maximum Gasteiger partial charge on any atom is 0.334 e. The Hall–Kier alpha value is -2.83. The first-order valence-electron chi connectivity index (χ1n) is 13.3. The molecule has 2 atom stereocenters. The van der Waals surface area contributed by atoms with Crippen LogP contribution >= 0.6 is 11.3 Å². The number of piperazine rings is 1. The smallest absolute Gasteiger partial charge is 0.334 e. The Kier molecular flexibility index (Phi) is 6.95. The number of carbonyl (C=O) groups is 1. The average molecular weight is 537 g/mol. The second-order valence-electron chi connectivity index (χ2n) is 10.8. The molecule has 0 spiro atoms. The Morgan fingerprint density at radius 3 is 2.39 bits per heavy atom. The van der Waals surface area contributed by atoms with Crippen molar-refractivity contribution >= 4 is 39.1 Å². The van der Waals surface area contributed by atoms with E-state index < -0.39 is 6.03 Å². The average Bonchev–Trinajstić information content (AvgIpc) is 3.46. The zero-order valence-corrected chi connectivity index (χ0v) is 23.2. The van der Waals surface area contributed by atoms with Crippen LogP contribution in [0.1, 0.15) is 17.7 Å². The lowest BCUT2D eigenvalue weighted by Crippen LogP contribution is -2.45. The van der Waals surface area contributed by atoms with E-state index in [9.17, 15) is 4.79 Å². The minimum absolute atomic E-state index is 0.275. The van der Waals surface area contributed by atoms with Crippen LogP contribution in [0.4, 0.5) is 16.3 Å². The number of nitrogens with zero attached hydrogens (tertiary/aromatic N) is 7. The highest BCUT2D eigenvalue weighted by Crippen LogP contribution is 2.38. The molecule has 3 aromatic rings. The summed E-state index contributed by atoms with van der Waals surface area (Å²) in [6.07, 6.45) is 2.78. The van der Waals surface area contributed by atoms with Gasteiger partial charge in [-0.25, -0.2) is 24.8 Å². The Balaban J connectivity index is 1.35.